The molecule has 5 nitrogen and oxygen atoms in total. The molecule has 1 saturated carbocycles. The lowest BCUT2D eigenvalue weighted by Gasteiger charge is -2.37. The summed E-state index contributed by atoms with van der Waals surface area (Å²) in [5.74, 6) is -2.83. The van der Waals surface area contributed by atoms with E-state index in [9.17, 15) is 18.7 Å². The van der Waals surface area contributed by atoms with Gasteiger partial charge in [-0.05, 0) is 51.3 Å². The van der Waals surface area contributed by atoms with Crippen LogP contribution in [-0.4, -0.2) is 22.7 Å². The third kappa shape index (κ3) is 4.56. The van der Waals surface area contributed by atoms with Crippen LogP contribution in [0.3, 0.4) is 0 Å². The summed E-state index contributed by atoms with van der Waals surface area (Å²) in [6.07, 6.45) is -0.998. The first-order valence-electron chi connectivity index (χ1n) is 7.90. The summed E-state index contributed by atoms with van der Waals surface area (Å²) in [7, 11) is 0. The Morgan fingerprint density at radius 2 is 1.83 bits per heavy atom. The second kappa shape index (κ2) is 6.20. The summed E-state index contributed by atoms with van der Waals surface area (Å²) < 4.78 is 31.9. The van der Waals surface area contributed by atoms with Gasteiger partial charge in [0.25, 0.3) is 0 Å². The maximum atomic E-state index is 13.4. The summed E-state index contributed by atoms with van der Waals surface area (Å²) in [6, 6.07) is 4.51. The number of anilines is 1. The number of alkyl halides is 2. The molecule has 1 fully saturated rings. The molecular formula is C17H24F2N2O3. The lowest BCUT2D eigenvalue weighted by Crippen LogP contribution is -2.43. The number of aromatic hydroxyl groups is 1. The Balaban J connectivity index is 2.18. The summed E-state index contributed by atoms with van der Waals surface area (Å²) >= 11 is 0. The summed E-state index contributed by atoms with van der Waals surface area (Å²) in [5, 5.41) is 12.4. The van der Waals surface area contributed by atoms with Crippen LogP contribution in [0.4, 0.5) is 19.3 Å². The monoisotopic (exact) mass is 342 g/mol. The van der Waals surface area contributed by atoms with Gasteiger partial charge in [0.05, 0.1) is 5.69 Å². The van der Waals surface area contributed by atoms with E-state index < -0.39 is 23.2 Å². The van der Waals surface area contributed by atoms with Crippen molar-refractivity contribution in [1.82, 2.24) is 0 Å². The first-order chi connectivity index (χ1) is 10.9. The molecule has 0 radical (unpaired) electrons. The largest absolute Gasteiger partial charge is 0.506 e. The van der Waals surface area contributed by atoms with Crippen molar-refractivity contribution in [2.75, 3.05) is 5.32 Å². The minimum Gasteiger partial charge on any atom is -0.506 e. The van der Waals surface area contributed by atoms with E-state index in [0.29, 0.717) is 5.56 Å². The first kappa shape index (κ1) is 18.4. The molecule has 2 rings (SSSR count). The number of benzene rings is 1. The normalized spacial score (nSPS) is 19.6. The van der Waals surface area contributed by atoms with Crippen molar-refractivity contribution in [3.8, 4) is 5.75 Å². The molecular weight excluding hydrogens is 318 g/mol. The van der Waals surface area contributed by atoms with E-state index in [0.717, 1.165) is 0 Å². The zero-order valence-corrected chi connectivity index (χ0v) is 14.2. The van der Waals surface area contributed by atoms with Gasteiger partial charge < -0.3 is 15.6 Å². The number of hydrogen-bond acceptors (Lipinski definition) is 4. The Hall–Kier alpha value is -1.89. The van der Waals surface area contributed by atoms with Gasteiger partial charge in [-0.15, -0.1) is 0 Å². The van der Waals surface area contributed by atoms with Gasteiger partial charge >= 0.3 is 6.09 Å². The molecule has 0 unspecified atom stereocenters. The predicted octanol–water partition coefficient (Wildman–Crippen LogP) is 4.10. The van der Waals surface area contributed by atoms with Gasteiger partial charge in [-0.25, -0.2) is 13.6 Å². The summed E-state index contributed by atoms with van der Waals surface area (Å²) in [6.45, 7) is 5.17. The molecule has 0 heterocycles. The average molecular weight is 342 g/mol. The summed E-state index contributed by atoms with van der Waals surface area (Å²) in [4.78, 5) is 11.9. The molecule has 0 bridgehead atoms. The van der Waals surface area contributed by atoms with Gasteiger partial charge in [0.2, 0.25) is 5.92 Å². The number of rotatable bonds is 2. The third-order valence-corrected chi connectivity index (χ3v) is 4.08. The van der Waals surface area contributed by atoms with Gasteiger partial charge in [0.15, 0.2) is 0 Å². The predicted molar refractivity (Wildman–Crippen MR) is 87.2 cm³/mol. The average Bonchev–Trinajstić information content (AvgIpc) is 2.43. The van der Waals surface area contributed by atoms with E-state index in [1.807, 2.05) is 0 Å². The van der Waals surface area contributed by atoms with Crippen LogP contribution < -0.4 is 11.1 Å². The molecule has 0 saturated heterocycles. The number of nitrogens with two attached hydrogens (primary N) is 1. The number of nitrogens with one attached hydrogen (secondary N) is 1. The van der Waals surface area contributed by atoms with Crippen LogP contribution in [0.2, 0.25) is 0 Å². The molecule has 0 atom stereocenters. The van der Waals surface area contributed by atoms with Crippen molar-refractivity contribution in [3.05, 3.63) is 23.8 Å². The molecule has 1 aliphatic carbocycles. The molecule has 134 valence electrons. The number of phenolic OH excluding ortho intramolecular Hbond substituents is 1. The molecule has 1 amide bonds. The molecule has 7 heteroatoms. The van der Waals surface area contributed by atoms with Crippen molar-refractivity contribution in [2.45, 2.75) is 63.5 Å². The quantitative estimate of drug-likeness (QED) is 0.706. The topological polar surface area (TPSA) is 84.6 Å². The highest BCUT2D eigenvalue weighted by Gasteiger charge is 2.42. The summed E-state index contributed by atoms with van der Waals surface area (Å²) in [5.41, 5.74) is 5.45. The fourth-order valence-corrected chi connectivity index (χ4v) is 2.71. The Morgan fingerprint density at radius 3 is 2.38 bits per heavy atom. The molecule has 0 aromatic heterocycles. The Bertz CT molecular complexity index is 617. The van der Waals surface area contributed by atoms with Crippen LogP contribution >= 0.6 is 0 Å². The molecule has 24 heavy (non-hydrogen) atoms. The lowest BCUT2D eigenvalue weighted by molar-refractivity contribution is -0.0514. The smallest absolute Gasteiger partial charge is 0.412 e. The number of carbonyl (C=O) groups is 1. The molecule has 1 aromatic carbocycles. The number of ether oxygens (including phenoxy) is 1. The van der Waals surface area contributed by atoms with E-state index in [1.165, 1.54) is 12.1 Å². The highest BCUT2D eigenvalue weighted by molar-refractivity contribution is 5.87. The van der Waals surface area contributed by atoms with Crippen molar-refractivity contribution in [1.29, 1.82) is 0 Å². The fourth-order valence-electron chi connectivity index (χ4n) is 2.71. The van der Waals surface area contributed by atoms with Crippen molar-refractivity contribution in [3.63, 3.8) is 0 Å². The second-order valence-corrected chi connectivity index (χ2v) is 7.37. The molecule has 0 aliphatic heterocycles. The highest BCUT2D eigenvalue weighted by atomic mass is 19.3. The Morgan fingerprint density at radius 1 is 1.25 bits per heavy atom. The van der Waals surface area contributed by atoms with Gasteiger partial charge in [-0.2, -0.15) is 0 Å². The van der Waals surface area contributed by atoms with Gasteiger partial charge in [0, 0.05) is 18.4 Å². The third-order valence-electron chi connectivity index (χ3n) is 4.08. The van der Waals surface area contributed by atoms with Crippen LogP contribution in [0, 0.1) is 0 Å². The van der Waals surface area contributed by atoms with E-state index in [2.05, 4.69) is 5.32 Å². The molecule has 1 aliphatic rings. The van der Waals surface area contributed by atoms with Crippen molar-refractivity contribution in [2.24, 2.45) is 5.73 Å². The Labute approximate surface area is 140 Å². The minimum absolute atomic E-state index is 0.136. The van der Waals surface area contributed by atoms with Crippen LogP contribution in [-0.2, 0) is 10.3 Å². The SMILES string of the molecule is CC(C)(C)OC(=O)Nc1cc(C2(N)CCC(F)(F)CC2)ccc1O. The molecule has 4 N–H and O–H groups in total. The number of hydrogen-bond donors (Lipinski definition) is 3. The van der Waals surface area contributed by atoms with Crippen LogP contribution in [0.1, 0.15) is 52.0 Å². The lowest BCUT2D eigenvalue weighted by atomic mass is 9.76. The zero-order chi connectivity index (χ0) is 18.2. The van der Waals surface area contributed by atoms with Crippen LogP contribution in [0.15, 0.2) is 18.2 Å². The fraction of sp³-hybridized carbons (Fsp3) is 0.588. The van der Waals surface area contributed by atoms with Gasteiger partial charge in [-0.1, -0.05) is 6.07 Å². The minimum atomic E-state index is -2.68. The number of carbonyl (C=O) groups excluding carboxylic acids is 1. The standard InChI is InChI=1S/C17H24F2N2O3/c1-15(2,3)24-14(23)21-12-10-11(4-5-13(12)22)16(20)6-8-17(18,19)9-7-16/h4-5,10,22H,6-9,20H2,1-3H3,(H,21,23). The van der Waals surface area contributed by atoms with Gasteiger partial charge in [-0.3, -0.25) is 5.32 Å². The van der Waals surface area contributed by atoms with E-state index in [1.54, 1.807) is 26.8 Å². The van der Waals surface area contributed by atoms with Crippen LogP contribution in [0.5, 0.6) is 5.75 Å². The first-order valence-corrected chi connectivity index (χ1v) is 7.90. The van der Waals surface area contributed by atoms with E-state index in [4.69, 9.17) is 10.5 Å². The number of phenols is 1. The van der Waals surface area contributed by atoms with Crippen molar-refractivity contribution >= 4 is 11.8 Å². The number of halogens is 2. The van der Waals surface area contributed by atoms with Crippen molar-refractivity contribution < 1.29 is 23.4 Å². The number of amides is 1. The van der Waals surface area contributed by atoms with E-state index >= 15 is 0 Å². The van der Waals surface area contributed by atoms with Gasteiger partial charge in [0.1, 0.15) is 11.4 Å². The molecule has 1 aromatic rings. The van der Waals surface area contributed by atoms with Crippen LogP contribution in [0.25, 0.3) is 0 Å². The zero-order valence-electron chi connectivity index (χ0n) is 14.2. The molecule has 0 spiro atoms. The maximum absolute atomic E-state index is 13.4. The van der Waals surface area contributed by atoms with E-state index in [-0.39, 0.29) is 37.1 Å². The second-order valence-electron chi connectivity index (χ2n) is 7.37. The maximum Gasteiger partial charge on any atom is 0.412 e. The Kier molecular flexibility index (Phi) is 4.77. The highest BCUT2D eigenvalue weighted by Crippen LogP contribution is 2.43.